The molecule has 1 atom stereocenters. The molecule has 1 aromatic heterocycles. The van der Waals surface area contributed by atoms with Crippen molar-refractivity contribution >= 4 is 10.4 Å². The number of rotatable bonds is 11. The quantitative estimate of drug-likeness (QED) is 0.155. The second-order valence-corrected chi connectivity index (χ2v) is 10.6. The molecule has 4 rings (SSSR count). The Labute approximate surface area is 247 Å². The smallest absolute Gasteiger partial charge is 0.440 e. The van der Waals surface area contributed by atoms with Gasteiger partial charge in [-0.2, -0.15) is 8.42 Å². The minimum absolute atomic E-state index is 0.145. The number of aliphatic hydroxyl groups is 2. The molecule has 0 amide bonds. The van der Waals surface area contributed by atoms with Crippen molar-refractivity contribution in [2.24, 2.45) is 0 Å². The molecule has 0 unspecified atom stereocenters. The van der Waals surface area contributed by atoms with Crippen LogP contribution in [0.2, 0.25) is 0 Å². The van der Waals surface area contributed by atoms with Crippen molar-refractivity contribution in [1.29, 1.82) is 0 Å². The fourth-order valence-corrected chi connectivity index (χ4v) is 4.38. The highest BCUT2D eigenvalue weighted by Gasteiger charge is 2.14. The SMILES string of the molecule is Cc1cc(OCC[C@@H](O)CO)cc(C)c1-c1cccc(COc2ccc(Cn3oc(=O)[nH]c3=O)cc2)c1C.O=S(=O)(O)O. The number of aliphatic hydroxyl groups excluding tert-OH is 2. The maximum absolute atomic E-state index is 11.6. The molecule has 14 heteroatoms. The van der Waals surface area contributed by atoms with Crippen molar-refractivity contribution in [3.05, 3.63) is 103 Å². The summed E-state index contributed by atoms with van der Waals surface area (Å²) in [4.78, 5) is 24.8. The highest BCUT2D eigenvalue weighted by Crippen LogP contribution is 2.34. The standard InChI is InChI=1S/C29H32N2O7.H2O4S/c1-18-13-25(36-12-11-23(33)16-32)14-19(2)27(18)26-6-4-5-22(20(26)3)17-37-24-9-7-21(8-10-24)15-31-28(34)30-29(35)38-31;1-5(2,3)4/h4-10,13-14,23,32-33H,11-12,15-17H2,1-3H3,(H,30,34,35);(H2,1,2,3,4)/t23-;/m1./s1. The zero-order valence-corrected chi connectivity index (χ0v) is 24.6. The third-order valence-electron chi connectivity index (χ3n) is 6.42. The molecule has 4 aromatic rings. The van der Waals surface area contributed by atoms with Crippen molar-refractivity contribution in [2.75, 3.05) is 13.2 Å². The first-order valence-electron chi connectivity index (χ1n) is 13.1. The number of aromatic nitrogens is 2. The average Bonchev–Trinajstić information content (AvgIpc) is 3.24. The molecule has 1 heterocycles. The molecule has 0 saturated heterocycles. The summed E-state index contributed by atoms with van der Waals surface area (Å²) in [6.07, 6.45) is -0.410. The Morgan fingerprint density at radius 3 is 2.14 bits per heavy atom. The molecule has 0 aliphatic carbocycles. The predicted octanol–water partition coefficient (Wildman–Crippen LogP) is 2.82. The van der Waals surface area contributed by atoms with E-state index < -0.39 is 27.9 Å². The lowest BCUT2D eigenvalue weighted by Gasteiger charge is -2.18. The van der Waals surface area contributed by atoms with Crippen LogP contribution in [0.15, 0.2) is 68.7 Å². The number of H-pyrrole nitrogens is 1. The van der Waals surface area contributed by atoms with E-state index in [9.17, 15) is 14.7 Å². The van der Waals surface area contributed by atoms with Gasteiger partial charge < -0.3 is 24.2 Å². The maximum Gasteiger partial charge on any atom is 0.440 e. The van der Waals surface area contributed by atoms with Crippen LogP contribution in [0.5, 0.6) is 11.5 Å². The number of hydrogen-bond donors (Lipinski definition) is 5. The molecule has 5 N–H and O–H groups in total. The van der Waals surface area contributed by atoms with E-state index in [1.54, 1.807) is 0 Å². The van der Waals surface area contributed by atoms with E-state index in [0.717, 1.165) is 49.4 Å². The lowest BCUT2D eigenvalue weighted by Crippen LogP contribution is -2.17. The summed E-state index contributed by atoms with van der Waals surface area (Å²) in [7, 11) is -4.67. The van der Waals surface area contributed by atoms with Gasteiger partial charge in [0.1, 0.15) is 18.1 Å². The van der Waals surface area contributed by atoms with Crippen LogP contribution < -0.4 is 20.9 Å². The molecule has 0 saturated carbocycles. The van der Waals surface area contributed by atoms with E-state index in [1.165, 1.54) is 0 Å². The number of nitrogens with one attached hydrogen (secondary N) is 1. The van der Waals surface area contributed by atoms with E-state index in [0.29, 0.717) is 25.4 Å². The Kier molecular flexibility index (Phi) is 11.5. The highest BCUT2D eigenvalue weighted by molar-refractivity contribution is 7.79. The summed E-state index contributed by atoms with van der Waals surface area (Å²) in [6, 6.07) is 17.4. The zero-order valence-electron chi connectivity index (χ0n) is 23.8. The third kappa shape index (κ3) is 10.2. The van der Waals surface area contributed by atoms with Gasteiger partial charge in [0.05, 0.1) is 25.9 Å². The second-order valence-electron chi connectivity index (χ2n) is 9.72. The Hall–Kier alpha value is -4.21. The van der Waals surface area contributed by atoms with Gasteiger partial charge in [0.2, 0.25) is 0 Å². The minimum Gasteiger partial charge on any atom is -0.493 e. The third-order valence-corrected chi connectivity index (χ3v) is 6.42. The molecule has 0 spiro atoms. The van der Waals surface area contributed by atoms with Gasteiger partial charge in [-0.1, -0.05) is 30.3 Å². The van der Waals surface area contributed by atoms with Crippen LogP contribution in [0.3, 0.4) is 0 Å². The summed E-state index contributed by atoms with van der Waals surface area (Å²) >= 11 is 0. The van der Waals surface area contributed by atoms with Crippen molar-refractivity contribution in [2.45, 2.75) is 46.4 Å². The van der Waals surface area contributed by atoms with Crippen LogP contribution in [0.25, 0.3) is 11.1 Å². The Morgan fingerprint density at radius 2 is 1.58 bits per heavy atom. The highest BCUT2D eigenvalue weighted by atomic mass is 32.3. The van der Waals surface area contributed by atoms with E-state index in [4.69, 9.17) is 36.6 Å². The molecular formula is C29H34N2O11S. The second kappa shape index (κ2) is 14.8. The van der Waals surface area contributed by atoms with Gasteiger partial charge in [-0.15, -0.1) is 4.74 Å². The predicted molar refractivity (Wildman–Crippen MR) is 157 cm³/mol. The van der Waals surface area contributed by atoms with E-state index >= 15 is 0 Å². The monoisotopic (exact) mass is 618 g/mol. The summed E-state index contributed by atoms with van der Waals surface area (Å²) < 4.78 is 49.2. The molecule has 0 bridgehead atoms. The maximum atomic E-state index is 11.6. The van der Waals surface area contributed by atoms with Crippen LogP contribution in [-0.2, 0) is 23.6 Å². The fourth-order valence-electron chi connectivity index (χ4n) is 4.38. The lowest BCUT2D eigenvalue weighted by molar-refractivity contribution is 0.0754. The number of hydrogen-bond acceptors (Lipinski definition) is 9. The van der Waals surface area contributed by atoms with Crippen molar-refractivity contribution < 1.29 is 41.7 Å². The summed E-state index contributed by atoms with van der Waals surface area (Å²) in [6.45, 7) is 6.77. The van der Waals surface area contributed by atoms with E-state index in [-0.39, 0.29) is 13.2 Å². The van der Waals surface area contributed by atoms with Gasteiger partial charge in [0.15, 0.2) is 0 Å². The molecule has 0 aliphatic rings. The van der Waals surface area contributed by atoms with Gasteiger partial charge in [-0.05, 0) is 84.0 Å². The Balaban J connectivity index is 0.000000934. The van der Waals surface area contributed by atoms with Crippen molar-refractivity contribution in [1.82, 2.24) is 9.72 Å². The number of aryl methyl sites for hydroxylation is 2. The van der Waals surface area contributed by atoms with Gasteiger partial charge >= 0.3 is 21.8 Å². The van der Waals surface area contributed by atoms with Crippen molar-refractivity contribution in [3.8, 4) is 22.6 Å². The Bertz CT molecular complexity index is 1710. The largest absolute Gasteiger partial charge is 0.493 e. The van der Waals surface area contributed by atoms with Crippen molar-refractivity contribution in [3.63, 3.8) is 0 Å². The van der Waals surface area contributed by atoms with Gasteiger partial charge in [0.25, 0.3) is 0 Å². The summed E-state index contributed by atoms with van der Waals surface area (Å²) in [5, 5.41) is 18.5. The molecular weight excluding hydrogens is 584 g/mol. The summed E-state index contributed by atoms with van der Waals surface area (Å²) in [5.41, 5.74) is 6.81. The molecule has 0 aliphatic heterocycles. The van der Waals surface area contributed by atoms with Gasteiger partial charge in [0, 0.05) is 6.42 Å². The number of ether oxygens (including phenoxy) is 2. The number of benzene rings is 3. The minimum atomic E-state index is -4.67. The first-order valence-corrected chi connectivity index (χ1v) is 14.5. The number of nitrogens with zero attached hydrogens (tertiary/aromatic N) is 1. The first kappa shape index (κ1) is 33.3. The summed E-state index contributed by atoms with van der Waals surface area (Å²) in [5.74, 6) is 0.636. The van der Waals surface area contributed by atoms with Gasteiger partial charge in [-0.25, -0.2) is 14.6 Å². The Morgan fingerprint density at radius 1 is 0.953 bits per heavy atom. The molecule has 0 fully saturated rings. The first-order chi connectivity index (χ1) is 20.2. The molecule has 232 valence electrons. The topological polar surface area (TPSA) is 202 Å². The average molecular weight is 619 g/mol. The van der Waals surface area contributed by atoms with Crippen LogP contribution in [0.1, 0.15) is 34.2 Å². The van der Waals surface area contributed by atoms with E-state index in [2.05, 4.69) is 31.8 Å². The van der Waals surface area contributed by atoms with Crippen LogP contribution >= 0.6 is 0 Å². The fraction of sp³-hybridized carbons (Fsp3) is 0.310. The zero-order chi connectivity index (χ0) is 31.7. The van der Waals surface area contributed by atoms with Crippen LogP contribution in [0.4, 0.5) is 0 Å². The molecule has 13 nitrogen and oxygen atoms in total. The van der Waals surface area contributed by atoms with Crippen LogP contribution in [-0.4, -0.2) is 56.8 Å². The molecule has 3 aromatic carbocycles. The van der Waals surface area contributed by atoms with Crippen LogP contribution in [0, 0.1) is 20.8 Å². The molecule has 0 radical (unpaired) electrons. The van der Waals surface area contributed by atoms with Gasteiger partial charge in [-0.3, -0.25) is 9.11 Å². The lowest BCUT2D eigenvalue weighted by atomic mass is 9.90. The van der Waals surface area contributed by atoms with E-state index in [1.807, 2.05) is 48.5 Å². The normalized spacial score (nSPS) is 11.9. The molecule has 43 heavy (non-hydrogen) atoms. The number of aromatic amines is 1.